The van der Waals surface area contributed by atoms with Gasteiger partial charge < -0.3 is 19.1 Å². The van der Waals surface area contributed by atoms with E-state index in [9.17, 15) is 8.42 Å². The van der Waals surface area contributed by atoms with Gasteiger partial charge in [-0.3, -0.25) is 4.98 Å². The number of hydrogen-bond donors (Lipinski definition) is 0. The average molecular weight is 412 g/mol. The molecule has 0 radical (unpaired) electrons. The number of aromatic nitrogens is 1. The predicted molar refractivity (Wildman–Crippen MR) is 108 cm³/mol. The Morgan fingerprint density at radius 3 is 2.31 bits per heavy atom. The fourth-order valence-electron chi connectivity index (χ4n) is 3.73. The van der Waals surface area contributed by atoms with Gasteiger partial charge in [0.2, 0.25) is 9.84 Å². The Hall–Kier alpha value is -2.84. The number of morpholine rings is 1. The summed E-state index contributed by atoms with van der Waals surface area (Å²) in [6.45, 7) is 3.23. The number of benzene rings is 2. The van der Waals surface area contributed by atoms with E-state index in [1.807, 2.05) is 12.1 Å². The van der Waals surface area contributed by atoms with E-state index < -0.39 is 9.84 Å². The van der Waals surface area contributed by atoms with Gasteiger partial charge >= 0.3 is 0 Å². The Balaban J connectivity index is 1.77. The average Bonchev–Trinajstić information content (AvgIpc) is 2.78. The molecule has 0 bridgehead atoms. The van der Waals surface area contributed by atoms with Crippen molar-refractivity contribution in [3.8, 4) is 11.5 Å². The predicted octanol–water partition coefficient (Wildman–Crippen LogP) is 2.68. The zero-order valence-corrected chi connectivity index (χ0v) is 16.5. The molecule has 5 rings (SSSR count). The van der Waals surface area contributed by atoms with Crippen LogP contribution in [0.15, 0.2) is 58.5 Å². The maximum Gasteiger partial charge on any atom is 0.210 e. The molecule has 3 aromatic rings. The molecule has 0 spiro atoms. The minimum Gasteiger partial charge on any atom is -0.486 e. The topological polar surface area (TPSA) is 78.0 Å². The third-order valence-electron chi connectivity index (χ3n) is 5.14. The number of hydrogen-bond acceptors (Lipinski definition) is 7. The fourth-order valence-corrected chi connectivity index (χ4v) is 5.19. The third kappa shape index (κ3) is 3.18. The van der Waals surface area contributed by atoms with Crippen LogP contribution in [0.4, 0.5) is 5.69 Å². The quantitative estimate of drug-likeness (QED) is 0.654. The van der Waals surface area contributed by atoms with Gasteiger partial charge in [0.1, 0.15) is 18.1 Å². The van der Waals surface area contributed by atoms with Crippen LogP contribution in [0.5, 0.6) is 11.5 Å². The van der Waals surface area contributed by atoms with E-state index in [4.69, 9.17) is 14.2 Å². The Morgan fingerprint density at radius 2 is 1.59 bits per heavy atom. The van der Waals surface area contributed by atoms with Gasteiger partial charge in [-0.25, -0.2) is 8.42 Å². The summed E-state index contributed by atoms with van der Waals surface area (Å²) in [6, 6.07) is 12.1. The molecule has 3 heterocycles. The lowest BCUT2D eigenvalue weighted by Crippen LogP contribution is -2.37. The minimum atomic E-state index is -3.75. The highest BCUT2D eigenvalue weighted by molar-refractivity contribution is 7.91. The smallest absolute Gasteiger partial charge is 0.210 e. The lowest BCUT2D eigenvalue weighted by atomic mass is 10.1. The number of ether oxygens (including phenoxy) is 3. The van der Waals surface area contributed by atoms with Gasteiger partial charge in [-0.05, 0) is 18.2 Å². The van der Waals surface area contributed by atoms with E-state index in [1.54, 1.807) is 30.3 Å². The molecule has 1 fully saturated rings. The molecule has 0 saturated carbocycles. The Kier molecular flexibility index (Phi) is 4.52. The number of anilines is 1. The summed E-state index contributed by atoms with van der Waals surface area (Å²) in [4.78, 5) is 6.95. The van der Waals surface area contributed by atoms with Crippen molar-refractivity contribution in [2.75, 3.05) is 44.4 Å². The monoisotopic (exact) mass is 412 g/mol. The van der Waals surface area contributed by atoms with Crippen LogP contribution in [0.3, 0.4) is 0 Å². The number of rotatable bonds is 3. The van der Waals surface area contributed by atoms with Crippen molar-refractivity contribution < 1.29 is 22.6 Å². The molecule has 2 aliphatic rings. The summed E-state index contributed by atoms with van der Waals surface area (Å²) in [7, 11) is -3.75. The first-order valence-corrected chi connectivity index (χ1v) is 11.0. The lowest BCUT2D eigenvalue weighted by Gasteiger charge is -2.31. The van der Waals surface area contributed by atoms with E-state index >= 15 is 0 Å². The van der Waals surface area contributed by atoms with Gasteiger partial charge in [-0.1, -0.05) is 18.2 Å². The van der Waals surface area contributed by atoms with Crippen molar-refractivity contribution in [3.05, 3.63) is 48.7 Å². The molecule has 0 unspecified atom stereocenters. The molecule has 0 N–H and O–H groups in total. The zero-order valence-electron chi connectivity index (χ0n) is 15.7. The van der Waals surface area contributed by atoms with Crippen molar-refractivity contribution >= 4 is 26.4 Å². The molecule has 2 aromatic carbocycles. The van der Waals surface area contributed by atoms with Crippen LogP contribution in [-0.2, 0) is 14.6 Å². The highest BCUT2D eigenvalue weighted by atomic mass is 32.2. The van der Waals surface area contributed by atoms with Gasteiger partial charge in [0.05, 0.1) is 29.3 Å². The minimum absolute atomic E-state index is 0.190. The van der Waals surface area contributed by atoms with Gasteiger partial charge in [-0.15, -0.1) is 0 Å². The van der Waals surface area contributed by atoms with E-state index in [0.29, 0.717) is 62.2 Å². The molecular weight excluding hydrogens is 392 g/mol. The first kappa shape index (κ1) is 18.2. The zero-order chi connectivity index (χ0) is 19.8. The summed E-state index contributed by atoms with van der Waals surface area (Å²) >= 11 is 0. The van der Waals surface area contributed by atoms with Crippen LogP contribution in [0.2, 0.25) is 0 Å². The normalized spacial score (nSPS) is 16.8. The fraction of sp³-hybridized carbons (Fsp3) is 0.286. The second kappa shape index (κ2) is 7.20. The molecule has 2 aliphatic heterocycles. The number of pyridine rings is 1. The third-order valence-corrected chi connectivity index (χ3v) is 6.91. The van der Waals surface area contributed by atoms with Crippen LogP contribution in [-0.4, -0.2) is 52.9 Å². The van der Waals surface area contributed by atoms with Crippen LogP contribution in [0.1, 0.15) is 0 Å². The molecule has 8 heteroatoms. The summed E-state index contributed by atoms with van der Waals surface area (Å²) in [5.41, 5.74) is 1.31. The first-order chi connectivity index (χ1) is 14.1. The summed E-state index contributed by atoms with van der Waals surface area (Å²) < 4.78 is 43.8. The largest absolute Gasteiger partial charge is 0.486 e. The number of nitrogens with zero attached hydrogens (tertiary/aromatic N) is 2. The van der Waals surface area contributed by atoms with Crippen LogP contribution in [0.25, 0.3) is 10.9 Å². The van der Waals surface area contributed by atoms with E-state index in [-0.39, 0.29) is 9.79 Å². The van der Waals surface area contributed by atoms with E-state index in [0.717, 1.165) is 5.39 Å². The molecule has 150 valence electrons. The number of fused-ring (bicyclic) bond motifs is 2. The van der Waals surface area contributed by atoms with Gasteiger partial charge in [0.25, 0.3) is 0 Å². The maximum absolute atomic E-state index is 13.5. The Labute approximate surface area is 168 Å². The van der Waals surface area contributed by atoms with Gasteiger partial charge in [0, 0.05) is 30.7 Å². The maximum atomic E-state index is 13.5. The second-order valence-corrected chi connectivity index (χ2v) is 8.82. The molecule has 1 saturated heterocycles. The van der Waals surface area contributed by atoms with Crippen molar-refractivity contribution in [3.63, 3.8) is 0 Å². The van der Waals surface area contributed by atoms with Crippen molar-refractivity contribution in [1.82, 2.24) is 4.98 Å². The summed E-state index contributed by atoms with van der Waals surface area (Å²) in [6.07, 6.45) is 1.45. The van der Waals surface area contributed by atoms with E-state index in [1.165, 1.54) is 6.20 Å². The molecule has 0 amide bonds. The summed E-state index contributed by atoms with van der Waals surface area (Å²) in [5, 5.41) is 0.730. The summed E-state index contributed by atoms with van der Waals surface area (Å²) in [5.74, 6) is 1.23. The molecular formula is C21H20N2O5S. The number of sulfone groups is 1. The molecule has 29 heavy (non-hydrogen) atoms. The van der Waals surface area contributed by atoms with Crippen LogP contribution in [0, 0.1) is 0 Å². The Bertz CT molecular complexity index is 1160. The van der Waals surface area contributed by atoms with Crippen molar-refractivity contribution in [1.29, 1.82) is 0 Å². The van der Waals surface area contributed by atoms with E-state index in [2.05, 4.69) is 9.88 Å². The van der Waals surface area contributed by atoms with Crippen LogP contribution < -0.4 is 14.4 Å². The molecule has 0 aliphatic carbocycles. The van der Waals surface area contributed by atoms with Crippen molar-refractivity contribution in [2.45, 2.75) is 9.79 Å². The van der Waals surface area contributed by atoms with Gasteiger partial charge in [-0.2, -0.15) is 0 Å². The first-order valence-electron chi connectivity index (χ1n) is 9.50. The second-order valence-electron chi connectivity index (χ2n) is 6.90. The Morgan fingerprint density at radius 1 is 0.897 bits per heavy atom. The van der Waals surface area contributed by atoms with Crippen LogP contribution >= 0.6 is 0 Å². The molecule has 7 nitrogen and oxygen atoms in total. The lowest BCUT2D eigenvalue weighted by molar-refractivity contribution is 0.122. The van der Waals surface area contributed by atoms with Gasteiger partial charge in [0.15, 0.2) is 11.5 Å². The van der Waals surface area contributed by atoms with Crippen molar-refractivity contribution in [2.24, 2.45) is 0 Å². The SMILES string of the molecule is O=S(=O)(c1ccccc1)c1cnc2cc3c(cc2c1N1CCOCC1)OCCO3. The molecule has 1 aromatic heterocycles. The standard InChI is InChI=1S/C21H20N2O5S/c24-29(25,15-4-2-1-3-5-15)20-14-22-17-13-19-18(27-10-11-28-19)12-16(17)21(20)23-6-8-26-9-7-23/h1-5,12-14H,6-11H2. The highest BCUT2D eigenvalue weighted by Gasteiger charge is 2.28. The molecule has 0 atom stereocenters. The highest BCUT2D eigenvalue weighted by Crippen LogP contribution is 2.41.